The molecule has 0 saturated carbocycles. The lowest BCUT2D eigenvalue weighted by molar-refractivity contribution is -0.143. The van der Waals surface area contributed by atoms with Crippen LogP contribution in [-0.2, 0) is 25.3 Å². The monoisotopic (exact) mass is 590 g/mol. The molecule has 3 atom stereocenters. The summed E-state index contributed by atoms with van der Waals surface area (Å²) in [6, 6.07) is 13.3. The van der Waals surface area contributed by atoms with Gasteiger partial charge in [-0.15, -0.1) is 11.8 Å². The maximum atomic E-state index is 14.1. The molecule has 7 heteroatoms. The average Bonchev–Trinajstić information content (AvgIpc) is 3.20. The molecule has 0 spiro atoms. The predicted molar refractivity (Wildman–Crippen MR) is 144 cm³/mol. The van der Waals surface area contributed by atoms with Crippen LogP contribution in [0.25, 0.3) is 10.9 Å². The lowest BCUT2D eigenvalue weighted by atomic mass is 9.84. The van der Waals surface area contributed by atoms with Crippen LogP contribution in [0.5, 0.6) is 0 Å². The minimum Gasteiger partial charge on any atom is -0.468 e. The number of benzene rings is 2. The van der Waals surface area contributed by atoms with Gasteiger partial charge >= 0.3 is 5.97 Å². The van der Waals surface area contributed by atoms with Crippen molar-refractivity contribution in [2.75, 3.05) is 20.2 Å². The van der Waals surface area contributed by atoms with Gasteiger partial charge in [0.05, 0.1) is 7.11 Å². The van der Waals surface area contributed by atoms with E-state index in [9.17, 15) is 9.18 Å². The standard InChI is InChI=1S/C27H28FIN2O2S/c1-3-17-10-18-12-27(29,26(32)33-2)25-22(15-31(13-17)14-18)21-11-20(8-9-24(21)30-25)34-16-19-6-4-5-7-23(19)28/h4-11,18,30H,3,12-16H2,1-2H3/t18-,27+/m1/s1. The quantitative estimate of drug-likeness (QED) is 0.120. The molecule has 1 aromatic heterocycles. The molecule has 0 saturated heterocycles. The van der Waals surface area contributed by atoms with Gasteiger partial charge in [0.25, 0.3) is 0 Å². The molecule has 1 unspecified atom stereocenters. The summed E-state index contributed by atoms with van der Waals surface area (Å²) in [5.41, 5.74) is 5.27. The minimum atomic E-state index is -0.773. The third-order valence-electron chi connectivity index (χ3n) is 6.91. The molecule has 5 rings (SSSR count). The zero-order valence-corrected chi connectivity index (χ0v) is 22.3. The van der Waals surface area contributed by atoms with E-state index in [0.29, 0.717) is 23.7 Å². The van der Waals surface area contributed by atoms with E-state index >= 15 is 0 Å². The molecule has 178 valence electrons. The van der Waals surface area contributed by atoms with Gasteiger partial charge in [-0.25, -0.2) is 4.39 Å². The second-order valence-electron chi connectivity index (χ2n) is 9.17. The number of carbonyl (C=O) groups excluding carboxylic acids is 1. The van der Waals surface area contributed by atoms with E-state index in [4.69, 9.17) is 4.74 Å². The molecule has 3 aromatic rings. The molecule has 2 aromatic carbocycles. The van der Waals surface area contributed by atoms with Crippen LogP contribution in [0.4, 0.5) is 4.39 Å². The maximum Gasteiger partial charge on any atom is 0.327 e. The summed E-state index contributed by atoms with van der Waals surface area (Å²) >= 11 is 3.94. The maximum absolute atomic E-state index is 14.1. The van der Waals surface area contributed by atoms with Gasteiger partial charge in [-0.05, 0) is 54.2 Å². The van der Waals surface area contributed by atoms with Gasteiger partial charge < -0.3 is 9.72 Å². The van der Waals surface area contributed by atoms with Crippen molar-refractivity contribution in [2.45, 2.75) is 40.4 Å². The lowest BCUT2D eigenvalue weighted by Gasteiger charge is -2.39. The topological polar surface area (TPSA) is 45.3 Å². The number of methoxy groups -OCH3 is 1. The van der Waals surface area contributed by atoms with Gasteiger partial charge in [0.15, 0.2) is 3.42 Å². The van der Waals surface area contributed by atoms with Crippen LogP contribution in [0.1, 0.15) is 36.6 Å². The number of hydrogen-bond donors (Lipinski definition) is 1. The fourth-order valence-electron chi connectivity index (χ4n) is 5.23. The van der Waals surface area contributed by atoms with Crippen LogP contribution in [0.3, 0.4) is 0 Å². The SMILES string of the molecule is CCC1=C[C@H]2CN(C1)Cc1c([nH]c3ccc(SCc4ccccc4F)cc13)[C@](I)(C(=O)OC)C2. The number of nitrogens with zero attached hydrogens (tertiary/aromatic N) is 1. The molecular formula is C27H28FIN2O2S. The molecule has 0 radical (unpaired) electrons. The summed E-state index contributed by atoms with van der Waals surface area (Å²) in [7, 11) is 1.47. The first kappa shape index (κ1) is 23.9. The van der Waals surface area contributed by atoms with E-state index in [1.807, 2.05) is 12.1 Å². The Balaban J connectivity index is 1.56. The van der Waals surface area contributed by atoms with Crippen molar-refractivity contribution in [3.63, 3.8) is 0 Å². The lowest BCUT2D eigenvalue weighted by Crippen LogP contribution is -2.43. The number of ether oxygens (including phenoxy) is 1. The Bertz CT molecular complexity index is 1270. The summed E-state index contributed by atoms with van der Waals surface area (Å²) < 4.78 is 18.6. The Labute approximate surface area is 217 Å². The summed E-state index contributed by atoms with van der Waals surface area (Å²) in [5, 5.41) is 1.13. The number of rotatable bonds is 5. The molecule has 2 bridgehead atoms. The van der Waals surface area contributed by atoms with Crippen molar-refractivity contribution >= 4 is 51.2 Å². The van der Waals surface area contributed by atoms with Crippen molar-refractivity contribution in [3.05, 3.63) is 76.8 Å². The van der Waals surface area contributed by atoms with Gasteiger partial charge in [-0.1, -0.05) is 59.4 Å². The normalized spacial score (nSPS) is 24.2. The molecule has 1 N–H and O–H groups in total. The minimum absolute atomic E-state index is 0.171. The van der Waals surface area contributed by atoms with E-state index in [-0.39, 0.29) is 11.8 Å². The molecule has 0 aliphatic carbocycles. The molecular weight excluding hydrogens is 562 g/mol. The summed E-state index contributed by atoms with van der Waals surface area (Å²) in [6.45, 7) is 4.89. The molecule has 2 aliphatic heterocycles. The highest BCUT2D eigenvalue weighted by Gasteiger charge is 2.46. The van der Waals surface area contributed by atoms with Crippen LogP contribution in [-0.4, -0.2) is 36.1 Å². The Morgan fingerprint density at radius 1 is 1.29 bits per heavy atom. The zero-order valence-electron chi connectivity index (χ0n) is 19.4. The highest BCUT2D eigenvalue weighted by Crippen LogP contribution is 2.46. The van der Waals surface area contributed by atoms with Crippen LogP contribution in [0.15, 0.2) is 59.0 Å². The Morgan fingerprint density at radius 2 is 2.12 bits per heavy atom. The van der Waals surface area contributed by atoms with Crippen molar-refractivity contribution in [1.29, 1.82) is 0 Å². The summed E-state index contributed by atoms with van der Waals surface area (Å²) in [4.78, 5) is 20.3. The number of thioether (sulfide) groups is 1. The number of nitrogens with one attached hydrogen (secondary N) is 1. The first-order valence-corrected chi connectivity index (χ1v) is 13.7. The molecule has 3 heterocycles. The molecule has 0 fully saturated rings. The number of aromatic nitrogens is 1. The van der Waals surface area contributed by atoms with Crippen molar-refractivity contribution < 1.29 is 13.9 Å². The molecule has 2 aliphatic rings. The first-order chi connectivity index (χ1) is 16.4. The number of halogens is 2. The fraction of sp³-hybridized carbons (Fsp3) is 0.370. The number of carbonyl (C=O) groups is 1. The number of aromatic amines is 1. The zero-order chi connectivity index (χ0) is 23.9. The van der Waals surface area contributed by atoms with Crippen LogP contribution in [0, 0.1) is 11.7 Å². The summed E-state index contributed by atoms with van der Waals surface area (Å²) in [6.07, 6.45) is 4.10. The second kappa shape index (κ2) is 9.66. The van der Waals surface area contributed by atoms with Gasteiger partial charge in [0.1, 0.15) is 5.82 Å². The van der Waals surface area contributed by atoms with Gasteiger partial charge in [0, 0.05) is 46.9 Å². The highest BCUT2D eigenvalue weighted by molar-refractivity contribution is 14.1. The number of H-pyrrole nitrogens is 1. The van der Waals surface area contributed by atoms with Crippen LogP contribution in [0.2, 0.25) is 0 Å². The second-order valence-corrected chi connectivity index (χ2v) is 12.1. The van der Waals surface area contributed by atoms with Gasteiger partial charge in [-0.2, -0.15) is 0 Å². The number of esters is 1. The van der Waals surface area contributed by atoms with E-state index in [1.54, 1.807) is 17.8 Å². The molecule has 34 heavy (non-hydrogen) atoms. The van der Waals surface area contributed by atoms with Crippen molar-refractivity contribution in [2.24, 2.45) is 5.92 Å². The van der Waals surface area contributed by atoms with Crippen molar-refractivity contribution in [1.82, 2.24) is 9.88 Å². The molecule has 0 amide bonds. The van der Waals surface area contributed by atoms with Gasteiger partial charge in [0.2, 0.25) is 0 Å². The van der Waals surface area contributed by atoms with Crippen LogP contribution < -0.4 is 0 Å². The number of fused-ring (bicyclic) bond motifs is 5. The Hall–Kier alpha value is -1.84. The molecule has 4 nitrogen and oxygen atoms in total. The fourth-order valence-corrected chi connectivity index (χ4v) is 7.39. The average molecular weight is 591 g/mol. The van der Waals surface area contributed by atoms with E-state index in [2.05, 4.69) is 63.7 Å². The van der Waals surface area contributed by atoms with E-state index in [1.165, 1.54) is 24.3 Å². The predicted octanol–water partition coefficient (Wildman–Crippen LogP) is 6.57. The van der Waals surface area contributed by atoms with E-state index < -0.39 is 3.42 Å². The van der Waals surface area contributed by atoms with E-state index in [0.717, 1.165) is 47.5 Å². The third kappa shape index (κ3) is 4.42. The Morgan fingerprint density at radius 3 is 2.88 bits per heavy atom. The Kier molecular flexibility index (Phi) is 6.79. The first-order valence-electron chi connectivity index (χ1n) is 11.6. The summed E-state index contributed by atoms with van der Waals surface area (Å²) in [5.74, 6) is 0.503. The number of alkyl halides is 1. The number of hydrogen-bond acceptors (Lipinski definition) is 4. The van der Waals surface area contributed by atoms with Gasteiger partial charge in [-0.3, -0.25) is 9.69 Å². The van der Waals surface area contributed by atoms with Crippen molar-refractivity contribution in [3.8, 4) is 0 Å². The smallest absolute Gasteiger partial charge is 0.327 e. The van der Waals surface area contributed by atoms with Crippen LogP contribution >= 0.6 is 34.4 Å². The highest BCUT2D eigenvalue weighted by atomic mass is 127. The largest absolute Gasteiger partial charge is 0.468 e. The third-order valence-corrected chi connectivity index (χ3v) is 9.37.